The van der Waals surface area contributed by atoms with Gasteiger partial charge in [0.1, 0.15) is 6.33 Å². The van der Waals surface area contributed by atoms with Crippen LogP contribution in [0.5, 0.6) is 0 Å². The number of nitrogens with one attached hydrogen (secondary N) is 2. The zero-order chi connectivity index (χ0) is 11.3. The molecule has 0 aliphatic heterocycles. The highest BCUT2D eigenvalue weighted by Crippen LogP contribution is 2.04. The first-order valence-electron chi connectivity index (χ1n) is 4.85. The molecule has 6 nitrogen and oxygen atoms in total. The van der Waals surface area contributed by atoms with Crippen molar-refractivity contribution in [2.75, 3.05) is 10.6 Å². The van der Waals surface area contributed by atoms with Crippen molar-refractivity contribution < 1.29 is 4.79 Å². The van der Waals surface area contributed by atoms with Crippen molar-refractivity contribution in [1.29, 1.82) is 0 Å². The number of rotatable bonds is 4. The summed E-state index contributed by atoms with van der Waals surface area (Å²) in [7, 11) is 0. The molecule has 0 saturated heterocycles. The molecule has 0 spiro atoms. The molecule has 1 unspecified atom stereocenters. The average Bonchev–Trinajstić information content (AvgIpc) is 2.17. The summed E-state index contributed by atoms with van der Waals surface area (Å²) in [5.41, 5.74) is 0. The van der Waals surface area contributed by atoms with Crippen molar-refractivity contribution in [1.82, 2.24) is 15.0 Å². The Bertz CT molecular complexity index is 341. The molecule has 0 radical (unpaired) electrons. The highest BCUT2D eigenvalue weighted by molar-refractivity contribution is 5.86. The fourth-order valence-corrected chi connectivity index (χ4v) is 0.906. The lowest BCUT2D eigenvalue weighted by Gasteiger charge is -2.10. The Morgan fingerprint density at radius 1 is 1.47 bits per heavy atom. The van der Waals surface area contributed by atoms with E-state index < -0.39 is 0 Å². The number of hydrogen-bond donors (Lipinski definition) is 2. The van der Waals surface area contributed by atoms with E-state index in [2.05, 4.69) is 32.5 Å². The molecule has 0 saturated carbocycles. The number of aromatic nitrogens is 3. The molecule has 6 heteroatoms. The number of carbonyl (C=O) groups is 1. The number of carbonyl (C=O) groups excluding carboxylic acids is 1. The van der Waals surface area contributed by atoms with Crippen LogP contribution in [-0.2, 0) is 4.79 Å². The quantitative estimate of drug-likeness (QED) is 0.774. The Labute approximate surface area is 88.5 Å². The minimum Gasteiger partial charge on any atom is -0.352 e. The lowest BCUT2D eigenvalue weighted by Crippen LogP contribution is -2.17. The van der Waals surface area contributed by atoms with Crippen LogP contribution in [0.3, 0.4) is 0 Å². The molecule has 0 bridgehead atoms. The molecule has 2 N–H and O–H groups in total. The third-order valence-electron chi connectivity index (χ3n) is 1.85. The number of amides is 1. The van der Waals surface area contributed by atoms with Gasteiger partial charge in [-0.25, -0.2) is 9.97 Å². The van der Waals surface area contributed by atoms with Crippen molar-refractivity contribution in [3.05, 3.63) is 6.33 Å². The smallest absolute Gasteiger partial charge is 0.234 e. The molecule has 1 rings (SSSR count). The highest BCUT2D eigenvalue weighted by Gasteiger charge is 2.04. The Morgan fingerprint density at radius 3 is 2.73 bits per heavy atom. The van der Waals surface area contributed by atoms with E-state index in [-0.39, 0.29) is 17.9 Å². The van der Waals surface area contributed by atoms with E-state index in [9.17, 15) is 4.79 Å². The van der Waals surface area contributed by atoms with E-state index in [4.69, 9.17) is 0 Å². The first-order valence-corrected chi connectivity index (χ1v) is 4.85. The minimum atomic E-state index is -0.198. The van der Waals surface area contributed by atoms with Gasteiger partial charge in [0.15, 0.2) is 0 Å². The number of anilines is 2. The molecule has 15 heavy (non-hydrogen) atoms. The minimum absolute atomic E-state index is 0.198. The first-order chi connectivity index (χ1) is 7.11. The van der Waals surface area contributed by atoms with E-state index in [1.165, 1.54) is 13.3 Å². The summed E-state index contributed by atoms with van der Waals surface area (Å²) in [6.45, 7) is 5.50. The lowest BCUT2D eigenvalue weighted by molar-refractivity contribution is -0.114. The van der Waals surface area contributed by atoms with Gasteiger partial charge in [-0.15, -0.1) is 0 Å². The predicted octanol–water partition coefficient (Wildman–Crippen LogP) is 1.04. The zero-order valence-electron chi connectivity index (χ0n) is 9.11. The summed E-state index contributed by atoms with van der Waals surface area (Å²) in [6, 6.07) is 0.289. The molecule has 1 amide bonds. The molecule has 1 heterocycles. The van der Waals surface area contributed by atoms with Gasteiger partial charge in [0.2, 0.25) is 17.8 Å². The number of hydrogen-bond acceptors (Lipinski definition) is 5. The van der Waals surface area contributed by atoms with Gasteiger partial charge in [-0.05, 0) is 13.3 Å². The molecule has 0 aromatic carbocycles. The Kier molecular flexibility index (Phi) is 3.96. The molecule has 1 atom stereocenters. The highest BCUT2D eigenvalue weighted by atomic mass is 16.1. The summed E-state index contributed by atoms with van der Waals surface area (Å²) in [5, 5.41) is 5.59. The summed E-state index contributed by atoms with van der Waals surface area (Å²) in [5.74, 6) is 0.544. The van der Waals surface area contributed by atoms with Crippen LogP contribution in [0.25, 0.3) is 0 Å². The fraction of sp³-hybridized carbons (Fsp3) is 0.556. The van der Waals surface area contributed by atoms with Gasteiger partial charge in [0, 0.05) is 13.0 Å². The van der Waals surface area contributed by atoms with Crippen LogP contribution in [0.15, 0.2) is 6.33 Å². The van der Waals surface area contributed by atoms with E-state index in [1.54, 1.807) is 0 Å². The van der Waals surface area contributed by atoms with Crippen LogP contribution < -0.4 is 10.6 Å². The molecule has 1 aromatic heterocycles. The van der Waals surface area contributed by atoms with Gasteiger partial charge in [0.25, 0.3) is 0 Å². The maximum absolute atomic E-state index is 10.8. The van der Waals surface area contributed by atoms with Gasteiger partial charge in [0.05, 0.1) is 0 Å². The summed E-state index contributed by atoms with van der Waals surface area (Å²) < 4.78 is 0. The fourth-order valence-electron chi connectivity index (χ4n) is 0.906. The molecule has 1 aromatic rings. The second-order valence-electron chi connectivity index (χ2n) is 3.27. The van der Waals surface area contributed by atoms with E-state index in [1.807, 2.05) is 6.92 Å². The van der Waals surface area contributed by atoms with Gasteiger partial charge in [-0.3, -0.25) is 10.1 Å². The van der Waals surface area contributed by atoms with E-state index in [0.717, 1.165) is 6.42 Å². The van der Waals surface area contributed by atoms with Gasteiger partial charge in [-0.2, -0.15) is 4.98 Å². The Morgan fingerprint density at radius 2 is 2.13 bits per heavy atom. The Hall–Kier alpha value is -1.72. The normalized spacial score (nSPS) is 11.9. The molecular formula is C9H15N5O. The molecule has 82 valence electrons. The van der Waals surface area contributed by atoms with Crippen molar-refractivity contribution in [3.8, 4) is 0 Å². The largest absolute Gasteiger partial charge is 0.352 e. The first kappa shape index (κ1) is 11.4. The monoisotopic (exact) mass is 209 g/mol. The number of nitrogens with zero attached hydrogens (tertiary/aromatic N) is 3. The third-order valence-corrected chi connectivity index (χ3v) is 1.85. The van der Waals surface area contributed by atoms with Crippen molar-refractivity contribution >= 4 is 17.8 Å². The second kappa shape index (κ2) is 5.23. The van der Waals surface area contributed by atoms with Gasteiger partial charge >= 0.3 is 0 Å². The topological polar surface area (TPSA) is 79.8 Å². The van der Waals surface area contributed by atoms with Crippen LogP contribution in [0, 0.1) is 0 Å². The second-order valence-corrected chi connectivity index (χ2v) is 3.27. The SMILES string of the molecule is CCC(C)Nc1ncnc(NC(C)=O)n1. The van der Waals surface area contributed by atoms with Crippen LogP contribution in [0.1, 0.15) is 27.2 Å². The maximum atomic E-state index is 10.8. The Balaban J connectivity index is 2.69. The zero-order valence-corrected chi connectivity index (χ0v) is 9.11. The molecular weight excluding hydrogens is 194 g/mol. The van der Waals surface area contributed by atoms with Crippen molar-refractivity contribution in [2.24, 2.45) is 0 Å². The standard InChI is InChI=1S/C9H15N5O/c1-4-6(2)12-8-10-5-11-9(14-8)13-7(3)15/h5-6H,4H2,1-3H3,(H2,10,11,12,13,14,15). The predicted molar refractivity (Wildman–Crippen MR) is 57.5 cm³/mol. The maximum Gasteiger partial charge on any atom is 0.234 e. The van der Waals surface area contributed by atoms with Gasteiger partial charge < -0.3 is 5.32 Å². The molecule has 0 aliphatic rings. The van der Waals surface area contributed by atoms with Gasteiger partial charge in [-0.1, -0.05) is 6.92 Å². The third kappa shape index (κ3) is 3.88. The van der Waals surface area contributed by atoms with Crippen LogP contribution >= 0.6 is 0 Å². The summed E-state index contributed by atoms with van der Waals surface area (Å²) in [6.07, 6.45) is 2.34. The molecule has 0 aliphatic carbocycles. The van der Waals surface area contributed by atoms with Crippen molar-refractivity contribution in [2.45, 2.75) is 33.2 Å². The molecule has 0 fully saturated rings. The summed E-state index contributed by atoms with van der Waals surface area (Å²) >= 11 is 0. The lowest BCUT2D eigenvalue weighted by atomic mass is 10.3. The average molecular weight is 209 g/mol. The van der Waals surface area contributed by atoms with Crippen molar-refractivity contribution in [3.63, 3.8) is 0 Å². The van der Waals surface area contributed by atoms with Crippen LogP contribution in [0.2, 0.25) is 0 Å². The summed E-state index contributed by atoms with van der Waals surface area (Å²) in [4.78, 5) is 22.6. The van der Waals surface area contributed by atoms with Crippen LogP contribution in [-0.4, -0.2) is 26.9 Å². The van der Waals surface area contributed by atoms with E-state index in [0.29, 0.717) is 5.95 Å². The van der Waals surface area contributed by atoms with Crippen LogP contribution in [0.4, 0.5) is 11.9 Å². The van der Waals surface area contributed by atoms with E-state index >= 15 is 0 Å².